The third-order valence-corrected chi connectivity index (χ3v) is 6.19. The highest BCUT2D eigenvalue weighted by Gasteiger charge is 2.14. The van der Waals surface area contributed by atoms with Gasteiger partial charge in [0.15, 0.2) is 0 Å². The van der Waals surface area contributed by atoms with Crippen LogP contribution in [0.5, 0.6) is 0 Å². The second kappa shape index (κ2) is 8.41. The lowest BCUT2D eigenvalue weighted by Gasteiger charge is -2.17. The van der Waals surface area contributed by atoms with Crippen LogP contribution in [0.15, 0.2) is 60.7 Å². The molecule has 0 bridgehead atoms. The molecule has 4 rings (SSSR count). The first-order chi connectivity index (χ1) is 14.1. The molecule has 29 heavy (non-hydrogen) atoms. The molecule has 0 saturated carbocycles. The zero-order chi connectivity index (χ0) is 20.4. The normalized spacial score (nSPS) is 11.4. The zero-order valence-corrected chi connectivity index (χ0v) is 18.3. The smallest absolute Gasteiger partial charge is 0.00672 e. The highest BCUT2D eigenvalue weighted by Crippen LogP contribution is 2.39. The first-order valence-corrected chi connectivity index (χ1v) is 11.2. The van der Waals surface area contributed by atoms with E-state index in [9.17, 15) is 0 Å². The van der Waals surface area contributed by atoms with Gasteiger partial charge in [0, 0.05) is 0 Å². The van der Waals surface area contributed by atoms with Crippen LogP contribution in [0.1, 0.15) is 55.4 Å². The quantitative estimate of drug-likeness (QED) is 0.314. The standard InChI is InChI=1S/C29H32/c1-5-7-9-23-13-17-27-25(19-23)15-11-21(4)29(27)28-20(3)10-14-24-18-22(8-6-2)12-16-26(24)28/h10-19H,5-9H2,1-4H3. The number of unbranched alkanes of at least 4 members (excludes halogenated alkanes) is 1. The summed E-state index contributed by atoms with van der Waals surface area (Å²) in [5.74, 6) is 0. The highest BCUT2D eigenvalue weighted by atomic mass is 14.2. The molecule has 4 aromatic rings. The van der Waals surface area contributed by atoms with Gasteiger partial charge in [0.2, 0.25) is 0 Å². The summed E-state index contributed by atoms with van der Waals surface area (Å²) in [6.45, 7) is 9.02. The van der Waals surface area contributed by atoms with Crippen LogP contribution in [-0.4, -0.2) is 0 Å². The zero-order valence-electron chi connectivity index (χ0n) is 18.3. The van der Waals surface area contributed by atoms with E-state index in [0.717, 1.165) is 6.42 Å². The summed E-state index contributed by atoms with van der Waals surface area (Å²) in [5, 5.41) is 5.46. The lowest BCUT2D eigenvalue weighted by Crippen LogP contribution is -1.93. The highest BCUT2D eigenvalue weighted by molar-refractivity contribution is 6.07. The topological polar surface area (TPSA) is 0 Å². The Balaban J connectivity index is 1.94. The summed E-state index contributed by atoms with van der Waals surface area (Å²) in [5.41, 5.74) is 8.39. The van der Waals surface area contributed by atoms with E-state index in [1.807, 2.05) is 0 Å². The summed E-state index contributed by atoms with van der Waals surface area (Å²) >= 11 is 0. The maximum Gasteiger partial charge on any atom is -0.00672 e. The minimum Gasteiger partial charge on any atom is -0.0654 e. The van der Waals surface area contributed by atoms with Crippen LogP contribution in [0, 0.1) is 13.8 Å². The monoisotopic (exact) mass is 380 g/mol. The predicted octanol–water partition coefficient (Wildman–Crippen LogP) is 8.57. The maximum atomic E-state index is 2.40. The lowest BCUT2D eigenvalue weighted by atomic mass is 9.87. The molecule has 0 aliphatic carbocycles. The van der Waals surface area contributed by atoms with Gasteiger partial charge in [0.05, 0.1) is 0 Å². The fraction of sp³-hybridized carbons (Fsp3) is 0.310. The van der Waals surface area contributed by atoms with Gasteiger partial charge in [-0.25, -0.2) is 0 Å². The van der Waals surface area contributed by atoms with Gasteiger partial charge in [0.1, 0.15) is 0 Å². The first-order valence-electron chi connectivity index (χ1n) is 11.2. The van der Waals surface area contributed by atoms with E-state index < -0.39 is 0 Å². The van der Waals surface area contributed by atoms with Crippen LogP contribution in [-0.2, 0) is 12.8 Å². The molecule has 148 valence electrons. The van der Waals surface area contributed by atoms with Gasteiger partial charge in [-0.1, -0.05) is 87.4 Å². The van der Waals surface area contributed by atoms with Crippen molar-refractivity contribution in [3.05, 3.63) is 82.9 Å². The lowest BCUT2D eigenvalue weighted by molar-refractivity contribution is 0.796. The second-order valence-electron chi connectivity index (χ2n) is 8.48. The molecular weight excluding hydrogens is 348 g/mol. The first kappa shape index (κ1) is 19.7. The van der Waals surface area contributed by atoms with Crippen molar-refractivity contribution in [2.75, 3.05) is 0 Å². The van der Waals surface area contributed by atoms with Crippen LogP contribution in [0.3, 0.4) is 0 Å². The Morgan fingerprint density at radius 1 is 0.552 bits per heavy atom. The molecule has 0 fully saturated rings. The third-order valence-electron chi connectivity index (χ3n) is 6.19. The predicted molar refractivity (Wildman–Crippen MR) is 129 cm³/mol. The molecule has 0 atom stereocenters. The maximum absolute atomic E-state index is 2.40. The van der Waals surface area contributed by atoms with Gasteiger partial charge < -0.3 is 0 Å². The van der Waals surface area contributed by atoms with Crippen molar-refractivity contribution >= 4 is 21.5 Å². The van der Waals surface area contributed by atoms with E-state index in [2.05, 4.69) is 88.4 Å². The Labute approximate surface area is 175 Å². The van der Waals surface area contributed by atoms with Gasteiger partial charge in [-0.15, -0.1) is 0 Å². The van der Waals surface area contributed by atoms with E-state index in [4.69, 9.17) is 0 Å². The number of hydrogen-bond acceptors (Lipinski definition) is 0. The van der Waals surface area contributed by atoms with Crippen molar-refractivity contribution in [1.82, 2.24) is 0 Å². The van der Waals surface area contributed by atoms with Crippen molar-refractivity contribution in [1.29, 1.82) is 0 Å². The number of rotatable bonds is 6. The summed E-state index contributed by atoms with van der Waals surface area (Å²) in [6, 6.07) is 23.3. The van der Waals surface area contributed by atoms with E-state index in [1.165, 1.54) is 80.6 Å². The molecule has 0 aliphatic heterocycles. The average molecular weight is 381 g/mol. The summed E-state index contributed by atoms with van der Waals surface area (Å²) in [7, 11) is 0. The van der Waals surface area contributed by atoms with Gasteiger partial charge in [-0.05, 0) is 88.0 Å². The van der Waals surface area contributed by atoms with Crippen molar-refractivity contribution in [3.63, 3.8) is 0 Å². The Morgan fingerprint density at radius 2 is 1.07 bits per heavy atom. The van der Waals surface area contributed by atoms with Crippen LogP contribution in [0.2, 0.25) is 0 Å². The van der Waals surface area contributed by atoms with Crippen LogP contribution in [0.25, 0.3) is 32.7 Å². The number of aryl methyl sites for hydroxylation is 4. The minimum atomic E-state index is 1.15. The SMILES string of the molecule is CCCCc1ccc2c(-c3c(C)ccc4cc(CCC)ccc34)c(C)ccc2c1. The molecule has 0 aromatic heterocycles. The van der Waals surface area contributed by atoms with E-state index in [0.29, 0.717) is 0 Å². The fourth-order valence-corrected chi connectivity index (χ4v) is 4.62. The van der Waals surface area contributed by atoms with Crippen LogP contribution >= 0.6 is 0 Å². The molecule has 4 aromatic carbocycles. The number of fused-ring (bicyclic) bond motifs is 2. The van der Waals surface area contributed by atoms with Crippen LogP contribution in [0.4, 0.5) is 0 Å². The number of hydrogen-bond donors (Lipinski definition) is 0. The fourth-order valence-electron chi connectivity index (χ4n) is 4.62. The molecule has 0 N–H and O–H groups in total. The Kier molecular flexibility index (Phi) is 5.72. The summed E-state index contributed by atoms with van der Waals surface area (Å²) in [6.07, 6.45) is 6.00. The minimum absolute atomic E-state index is 1.15. The van der Waals surface area contributed by atoms with Crippen LogP contribution < -0.4 is 0 Å². The largest absolute Gasteiger partial charge is 0.0654 e. The molecule has 0 heterocycles. The van der Waals surface area contributed by atoms with Crippen molar-refractivity contribution < 1.29 is 0 Å². The summed E-state index contributed by atoms with van der Waals surface area (Å²) < 4.78 is 0. The van der Waals surface area contributed by atoms with Gasteiger partial charge in [0.25, 0.3) is 0 Å². The van der Waals surface area contributed by atoms with Gasteiger partial charge >= 0.3 is 0 Å². The van der Waals surface area contributed by atoms with Crippen molar-refractivity contribution in [2.24, 2.45) is 0 Å². The summed E-state index contributed by atoms with van der Waals surface area (Å²) in [4.78, 5) is 0. The van der Waals surface area contributed by atoms with E-state index in [1.54, 1.807) is 0 Å². The molecule has 0 spiro atoms. The molecule has 0 heteroatoms. The Morgan fingerprint density at radius 3 is 1.55 bits per heavy atom. The Bertz CT molecular complexity index is 1160. The number of benzene rings is 4. The molecule has 0 radical (unpaired) electrons. The second-order valence-corrected chi connectivity index (χ2v) is 8.48. The van der Waals surface area contributed by atoms with Crippen molar-refractivity contribution in [2.45, 2.75) is 59.8 Å². The van der Waals surface area contributed by atoms with Gasteiger partial charge in [-0.2, -0.15) is 0 Å². The molecule has 0 aliphatic rings. The molecule has 0 saturated heterocycles. The molecule has 0 unspecified atom stereocenters. The molecular formula is C29H32. The molecule has 0 nitrogen and oxygen atoms in total. The Hall–Kier alpha value is -2.60. The van der Waals surface area contributed by atoms with E-state index in [-0.39, 0.29) is 0 Å². The third kappa shape index (κ3) is 3.81. The average Bonchev–Trinajstić information content (AvgIpc) is 2.73. The van der Waals surface area contributed by atoms with Crippen molar-refractivity contribution in [3.8, 4) is 11.1 Å². The molecule has 0 amide bonds. The van der Waals surface area contributed by atoms with Gasteiger partial charge in [-0.3, -0.25) is 0 Å². The van der Waals surface area contributed by atoms with E-state index >= 15 is 0 Å².